The van der Waals surface area contributed by atoms with Crippen molar-refractivity contribution in [1.82, 2.24) is 9.55 Å². The Kier molecular flexibility index (Phi) is 5.87. The van der Waals surface area contributed by atoms with Gasteiger partial charge in [0.1, 0.15) is 6.61 Å². The molecule has 0 bridgehead atoms. The van der Waals surface area contributed by atoms with Crippen molar-refractivity contribution in [3.63, 3.8) is 0 Å². The van der Waals surface area contributed by atoms with Gasteiger partial charge in [-0.1, -0.05) is 44.3 Å². The van der Waals surface area contributed by atoms with E-state index in [2.05, 4.69) is 13.1 Å². The average molecular weight is 507 g/mol. The molecule has 1 aromatic carbocycles. The summed E-state index contributed by atoms with van der Waals surface area (Å²) in [4.78, 5) is 42.0. The average Bonchev–Trinajstić information content (AvgIpc) is 3.22. The number of aliphatic hydroxyl groups is 1. The van der Waals surface area contributed by atoms with Crippen LogP contribution in [0.25, 0.3) is 22.3 Å². The van der Waals surface area contributed by atoms with Crippen LogP contribution < -0.4 is 5.56 Å². The fourth-order valence-corrected chi connectivity index (χ4v) is 7.50. The number of fused-ring (bicyclic) bond motifs is 5. The normalized spacial score (nSPS) is 18.5. The molecule has 9 heteroatoms. The summed E-state index contributed by atoms with van der Waals surface area (Å²) >= 11 is 0. The Balaban J connectivity index is 1.64. The van der Waals surface area contributed by atoms with Crippen LogP contribution in [0.2, 0.25) is 25.2 Å². The zero-order valence-corrected chi connectivity index (χ0v) is 21.8. The topological polar surface area (TPSA) is 119 Å². The Bertz CT molecular complexity index is 1480. The monoisotopic (exact) mass is 506 g/mol. The number of aromatic nitrogens is 2. The highest BCUT2D eigenvalue weighted by atomic mass is 28.3. The summed E-state index contributed by atoms with van der Waals surface area (Å²) in [6.45, 7) is 6.33. The van der Waals surface area contributed by atoms with Crippen molar-refractivity contribution in [3.05, 3.63) is 62.9 Å². The van der Waals surface area contributed by atoms with Gasteiger partial charge in [0.15, 0.2) is 5.60 Å². The maximum Gasteiger partial charge on any atom is 0.343 e. The Morgan fingerprint density at radius 3 is 2.67 bits per heavy atom. The highest BCUT2D eigenvalue weighted by Gasteiger charge is 2.45. The predicted molar refractivity (Wildman–Crippen MR) is 138 cm³/mol. The lowest BCUT2D eigenvalue weighted by molar-refractivity contribution is -0.172. The number of carbonyl (C=O) groups excluding carboxylic acids is 1. The lowest BCUT2D eigenvalue weighted by Gasteiger charge is -2.31. The Morgan fingerprint density at radius 2 is 1.94 bits per heavy atom. The number of para-hydroxylation sites is 1. The standard InChI is InChI=1S/C27H30N2O6Si/c1-4-27(34)20-13-22-24-18(14-29(22)25(32)19(20)15-35-26(27)33)16(17-7-5-6-8-21(17)28-24)9-11-36(2,3)12-10-23(30)31/h5-8,13,34H,4,9-12,14-15H2,1-3H3,(H,30,31). The summed E-state index contributed by atoms with van der Waals surface area (Å²) in [6, 6.07) is 11.3. The van der Waals surface area contributed by atoms with E-state index >= 15 is 0 Å². The molecule has 0 amide bonds. The Morgan fingerprint density at radius 1 is 1.19 bits per heavy atom. The van der Waals surface area contributed by atoms with E-state index in [0.717, 1.165) is 34.5 Å². The summed E-state index contributed by atoms with van der Waals surface area (Å²) in [6.07, 6.45) is 1.05. The van der Waals surface area contributed by atoms with E-state index in [1.54, 1.807) is 17.6 Å². The predicted octanol–water partition coefficient (Wildman–Crippen LogP) is 3.81. The summed E-state index contributed by atoms with van der Waals surface area (Å²) in [5, 5.41) is 21.3. The second-order valence-corrected chi connectivity index (χ2v) is 15.9. The van der Waals surface area contributed by atoms with Crippen LogP contribution in [0.4, 0.5) is 0 Å². The minimum Gasteiger partial charge on any atom is -0.481 e. The van der Waals surface area contributed by atoms with Crippen LogP contribution in [-0.2, 0) is 39.5 Å². The van der Waals surface area contributed by atoms with E-state index < -0.39 is 25.6 Å². The number of ether oxygens (including phenoxy) is 1. The third kappa shape index (κ3) is 3.86. The van der Waals surface area contributed by atoms with E-state index in [9.17, 15) is 19.5 Å². The molecule has 0 saturated heterocycles. The molecule has 2 N–H and O–H groups in total. The third-order valence-corrected chi connectivity index (χ3v) is 11.0. The molecular weight excluding hydrogens is 476 g/mol. The summed E-state index contributed by atoms with van der Waals surface area (Å²) in [7, 11) is -1.77. The highest BCUT2D eigenvalue weighted by molar-refractivity contribution is 6.77. The molecular formula is C27H30N2O6Si. The van der Waals surface area contributed by atoms with Crippen LogP contribution in [0.15, 0.2) is 35.1 Å². The Hall–Kier alpha value is -3.30. The maximum absolute atomic E-state index is 13.5. The molecule has 1 unspecified atom stereocenters. The van der Waals surface area contributed by atoms with E-state index in [0.29, 0.717) is 35.1 Å². The van der Waals surface area contributed by atoms with E-state index in [-0.39, 0.29) is 25.0 Å². The lowest BCUT2D eigenvalue weighted by Crippen LogP contribution is -2.44. The first-order valence-corrected chi connectivity index (χ1v) is 15.8. The van der Waals surface area contributed by atoms with Crippen LogP contribution in [0.5, 0.6) is 0 Å². The summed E-state index contributed by atoms with van der Waals surface area (Å²) < 4.78 is 6.84. The van der Waals surface area contributed by atoms with E-state index in [4.69, 9.17) is 14.8 Å². The molecule has 0 radical (unpaired) electrons. The minimum atomic E-state index is -1.86. The molecule has 8 nitrogen and oxygen atoms in total. The van der Waals surface area contributed by atoms with Crippen molar-refractivity contribution >= 4 is 30.9 Å². The molecule has 3 aromatic rings. The molecule has 36 heavy (non-hydrogen) atoms. The van der Waals surface area contributed by atoms with Gasteiger partial charge in [0, 0.05) is 31.0 Å². The first kappa shape index (κ1) is 24.4. The second-order valence-electron chi connectivity index (χ2n) is 10.6. The summed E-state index contributed by atoms with van der Waals surface area (Å²) in [5.74, 6) is -1.50. The SMILES string of the molecule is CCC1(O)C(=O)OCc2c1cc1n(c2=O)Cc2c-1nc1ccccc1c2CC[Si](C)(C)CCC(=O)O. The van der Waals surface area contributed by atoms with Crippen molar-refractivity contribution in [1.29, 1.82) is 0 Å². The van der Waals surface area contributed by atoms with Crippen molar-refractivity contribution in [2.45, 2.75) is 70.1 Å². The van der Waals surface area contributed by atoms with Gasteiger partial charge in [0.05, 0.1) is 29.0 Å². The van der Waals surface area contributed by atoms with Gasteiger partial charge in [0.25, 0.3) is 5.56 Å². The number of carboxylic acid groups (broad SMARTS) is 1. The van der Waals surface area contributed by atoms with Crippen molar-refractivity contribution in [3.8, 4) is 11.4 Å². The van der Waals surface area contributed by atoms with Crippen LogP contribution in [0.1, 0.15) is 42.0 Å². The van der Waals surface area contributed by atoms with E-state index in [1.807, 2.05) is 24.3 Å². The zero-order valence-electron chi connectivity index (χ0n) is 20.8. The number of rotatable bonds is 7. The molecule has 188 valence electrons. The molecule has 1 atom stereocenters. The van der Waals surface area contributed by atoms with Crippen molar-refractivity contribution < 1.29 is 24.5 Å². The van der Waals surface area contributed by atoms with Gasteiger partial charge in [-0.3, -0.25) is 9.59 Å². The minimum absolute atomic E-state index is 0.0983. The molecule has 0 aliphatic carbocycles. The van der Waals surface area contributed by atoms with Gasteiger partial charge in [0.2, 0.25) is 0 Å². The quantitative estimate of drug-likeness (QED) is 0.289. The van der Waals surface area contributed by atoms with Gasteiger partial charge >= 0.3 is 11.9 Å². The third-order valence-electron chi connectivity index (χ3n) is 7.78. The molecule has 2 aliphatic rings. The van der Waals surface area contributed by atoms with Crippen LogP contribution in [0, 0.1) is 0 Å². The maximum atomic E-state index is 13.5. The highest BCUT2D eigenvalue weighted by Crippen LogP contribution is 2.40. The van der Waals surface area contributed by atoms with Crippen LogP contribution in [0.3, 0.4) is 0 Å². The van der Waals surface area contributed by atoms with Crippen LogP contribution in [-0.4, -0.2) is 39.8 Å². The fourth-order valence-electron chi connectivity index (χ4n) is 5.43. The van der Waals surface area contributed by atoms with Gasteiger partial charge in [-0.2, -0.15) is 0 Å². The van der Waals surface area contributed by atoms with Crippen molar-refractivity contribution in [2.24, 2.45) is 0 Å². The van der Waals surface area contributed by atoms with Gasteiger partial charge in [-0.25, -0.2) is 9.78 Å². The molecule has 2 aromatic heterocycles. The smallest absolute Gasteiger partial charge is 0.343 e. The molecule has 5 rings (SSSR count). The number of carboxylic acids is 1. The second kappa shape index (κ2) is 8.67. The number of esters is 1. The first-order valence-electron chi connectivity index (χ1n) is 12.3. The van der Waals surface area contributed by atoms with Gasteiger partial charge in [-0.15, -0.1) is 0 Å². The number of benzene rings is 1. The first-order chi connectivity index (χ1) is 17.1. The molecule has 2 aliphatic heterocycles. The van der Waals surface area contributed by atoms with Gasteiger partial charge < -0.3 is 19.5 Å². The van der Waals surface area contributed by atoms with Crippen molar-refractivity contribution in [2.75, 3.05) is 0 Å². The number of aryl methyl sites for hydroxylation is 1. The molecule has 0 saturated carbocycles. The lowest BCUT2D eigenvalue weighted by atomic mass is 9.86. The van der Waals surface area contributed by atoms with Crippen LogP contribution >= 0.6 is 0 Å². The fraction of sp³-hybridized carbons (Fsp3) is 0.407. The molecule has 0 spiro atoms. The largest absolute Gasteiger partial charge is 0.481 e. The molecule has 0 fully saturated rings. The number of cyclic esters (lactones) is 1. The number of carbonyl (C=O) groups is 2. The number of hydrogen-bond donors (Lipinski definition) is 2. The number of hydrogen-bond acceptors (Lipinski definition) is 6. The number of pyridine rings is 2. The summed E-state index contributed by atoms with van der Waals surface area (Å²) in [5.41, 5.74) is 2.72. The Labute approximate surface area is 209 Å². The number of nitrogens with zero attached hydrogens (tertiary/aromatic N) is 2. The number of aliphatic carboxylic acids is 1. The zero-order chi connectivity index (χ0) is 25.8. The molecule has 4 heterocycles. The van der Waals surface area contributed by atoms with E-state index in [1.165, 1.54) is 0 Å². The van der Waals surface area contributed by atoms with Gasteiger partial charge in [-0.05, 0) is 36.6 Å².